The minimum atomic E-state index is -0.118. The topological polar surface area (TPSA) is 57.3 Å². The van der Waals surface area contributed by atoms with Crippen LogP contribution in [0.1, 0.15) is 37.7 Å². The molecular weight excluding hydrogens is 432 g/mol. The Bertz CT molecular complexity index is 1090. The second-order valence-corrected chi connectivity index (χ2v) is 9.86. The maximum Gasteiger partial charge on any atom is 0.319 e. The monoisotopic (exact) mass is 462 g/mol. The molecule has 0 spiro atoms. The lowest BCUT2D eigenvalue weighted by atomic mass is 9.89. The van der Waals surface area contributed by atoms with Gasteiger partial charge in [0, 0.05) is 34.4 Å². The van der Waals surface area contributed by atoms with Gasteiger partial charge < -0.3 is 10.6 Å². The van der Waals surface area contributed by atoms with Gasteiger partial charge in [0.2, 0.25) is 0 Å². The summed E-state index contributed by atoms with van der Waals surface area (Å²) in [5.41, 5.74) is 3.10. The fourth-order valence-corrected chi connectivity index (χ4v) is 5.60. The molecule has 2 N–H and O–H groups in total. The molecule has 0 radical (unpaired) electrons. The number of carbonyl (C=O) groups excluding carboxylic acids is 1. The highest BCUT2D eigenvalue weighted by Gasteiger charge is 2.35. The van der Waals surface area contributed by atoms with Crippen LogP contribution in [0.15, 0.2) is 60.8 Å². The molecule has 1 saturated heterocycles. The quantitative estimate of drug-likeness (QED) is 0.497. The van der Waals surface area contributed by atoms with Gasteiger partial charge in [0.05, 0.1) is 5.52 Å². The number of hydrogen-bond acceptors (Lipinski definition) is 3. The molecule has 2 fully saturated rings. The number of anilines is 1. The predicted molar refractivity (Wildman–Crippen MR) is 135 cm³/mol. The maximum atomic E-state index is 12.7. The van der Waals surface area contributed by atoms with E-state index in [-0.39, 0.29) is 12.1 Å². The first-order chi connectivity index (χ1) is 16.1. The van der Waals surface area contributed by atoms with E-state index in [2.05, 4.69) is 32.7 Å². The second kappa shape index (κ2) is 10.1. The van der Waals surface area contributed by atoms with Crippen LogP contribution in [0.4, 0.5) is 10.5 Å². The summed E-state index contributed by atoms with van der Waals surface area (Å²) in [6, 6.07) is 18.5. The van der Waals surface area contributed by atoms with Crippen molar-refractivity contribution in [1.82, 2.24) is 15.2 Å². The number of carbonyl (C=O) groups is 1. The maximum absolute atomic E-state index is 12.7. The highest BCUT2D eigenvalue weighted by atomic mass is 35.5. The highest BCUT2D eigenvalue weighted by Crippen LogP contribution is 2.30. The first-order valence-corrected chi connectivity index (χ1v) is 12.4. The number of aromatic nitrogens is 1. The number of amides is 2. The Morgan fingerprint density at radius 1 is 1.03 bits per heavy atom. The number of pyridine rings is 1. The largest absolute Gasteiger partial charge is 0.334 e. The molecule has 1 aromatic heterocycles. The van der Waals surface area contributed by atoms with Crippen LogP contribution in [0.2, 0.25) is 5.02 Å². The lowest BCUT2D eigenvalue weighted by Gasteiger charge is -2.38. The van der Waals surface area contributed by atoms with Crippen LogP contribution in [0, 0.1) is 5.92 Å². The molecular formula is C27H31ClN4O. The van der Waals surface area contributed by atoms with E-state index < -0.39 is 0 Å². The molecule has 5 rings (SSSR count). The van der Waals surface area contributed by atoms with E-state index >= 15 is 0 Å². The van der Waals surface area contributed by atoms with Crippen LogP contribution in [-0.4, -0.2) is 41.1 Å². The molecule has 2 atom stereocenters. The Morgan fingerprint density at radius 3 is 2.67 bits per heavy atom. The Balaban J connectivity index is 1.13. The summed E-state index contributed by atoms with van der Waals surface area (Å²) < 4.78 is 0. The molecule has 1 aliphatic carbocycles. The number of likely N-dealkylation sites (tertiary alicyclic amines) is 1. The van der Waals surface area contributed by atoms with Crippen LogP contribution in [-0.2, 0) is 6.42 Å². The van der Waals surface area contributed by atoms with Crippen molar-refractivity contribution >= 4 is 34.2 Å². The summed E-state index contributed by atoms with van der Waals surface area (Å²) in [4.78, 5) is 19.7. The van der Waals surface area contributed by atoms with Crippen molar-refractivity contribution in [2.24, 2.45) is 5.92 Å². The molecule has 2 amide bonds. The number of urea groups is 1. The van der Waals surface area contributed by atoms with Gasteiger partial charge in [-0.3, -0.25) is 9.88 Å². The van der Waals surface area contributed by atoms with Crippen molar-refractivity contribution in [3.05, 3.63) is 71.4 Å². The number of piperidine rings is 1. The van der Waals surface area contributed by atoms with E-state index in [9.17, 15) is 4.79 Å². The third kappa shape index (κ3) is 5.48. The first-order valence-electron chi connectivity index (χ1n) is 12.0. The molecule has 5 nitrogen and oxygen atoms in total. The van der Waals surface area contributed by atoms with E-state index in [1.54, 1.807) is 6.20 Å². The van der Waals surface area contributed by atoms with Crippen LogP contribution in [0.3, 0.4) is 0 Å². The zero-order valence-corrected chi connectivity index (χ0v) is 19.6. The van der Waals surface area contributed by atoms with E-state index in [4.69, 9.17) is 11.6 Å². The molecule has 1 saturated carbocycles. The van der Waals surface area contributed by atoms with Gasteiger partial charge in [-0.05, 0) is 99.5 Å². The van der Waals surface area contributed by atoms with E-state index in [1.807, 2.05) is 42.5 Å². The third-order valence-electron chi connectivity index (χ3n) is 7.21. The number of benzene rings is 2. The van der Waals surface area contributed by atoms with Gasteiger partial charge in [-0.15, -0.1) is 0 Å². The molecule has 2 heterocycles. The lowest BCUT2D eigenvalue weighted by Crippen LogP contribution is -2.52. The number of hydrogen-bond donors (Lipinski definition) is 2. The normalized spacial score (nSPS) is 21.8. The van der Waals surface area contributed by atoms with Crippen molar-refractivity contribution in [2.75, 3.05) is 18.4 Å². The molecule has 0 bridgehead atoms. The van der Waals surface area contributed by atoms with Crippen molar-refractivity contribution in [1.29, 1.82) is 0 Å². The molecule has 33 heavy (non-hydrogen) atoms. The smallest absolute Gasteiger partial charge is 0.319 e. The Hall–Kier alpha value is -2.63. The van der Waals surface area contributed by atoms with Crippen LogP contribution >= 0.6 is 11.6 Å². The second-order valence-electron chi connectivity index (χ2n) is 9.42. The standard InChI is InChI=1S/C27H31ClN4O/c28-22-8-6-19(7-9-22)17-20-12-15-32(16-13-20)26-5-1-4-25(26)31-27(33)30-23-10-11-24-21(18-23)3-2-14-29-24/h2-3,6-11,14,18,20,25-26H,1,4-5,12-13,15-17H2,(H2,30,31,33). The van der Waals surface area contributed by atoms with Crippen LogP contribution in [0.5, 0.6) is 0 Å². The van der Waals surface area contributed by atoms with Crippen LogP contribution < -0.4 is 10.6 Å². The first kappa shape index (κ1) is 22.2. The number of fused-ring (bicyclic) bond motifs is 1. The highest BCUT2D eigenvalue weighted by molar-refractivity contribution is 6.30. The van der Waals surface area contributed by atoms with E-state index in [1.165, 1.54) is 24.8 Å². The Kier molecular flexibility index (Phi) is 6.79. The molecule has 6 heteroatoms. The van der Waals surface area contributed by atoms with Crippen molar-refractivity contribution in [2.45, 2.75) is 50.6 Å². The zero-order chi connectivity index (χ0) is 22.6. The molecule has 2 aliphatic rings. The average molecular weight is 463 g/mol. The van der Waals surface area contributed by atoms with Gasteiger partial charge in [0.15, 0.2) is 0 Å². The van der Waals surface area contributed by atoms with Gasteiger partial charge >= 0.3 is 6.03 Å². The van der Waals surface area contributed by atoms with Crippen molar-refractivity contribution < 1.29 is 4.79 Å². The predicted octanol–water partition coefficient (Wildman–Crippen LogP) is 5.89. The SMILES string of the molecule is O=C(Nc1ccc2ncccc2c1)NC1CCCC1N1CCC(Cc2ccc(Cl)cc2)CC1. The number of rotatable bonds is 5. The van der Waals surface area contributed by atoms with E-state index in [0.717, 1.165) is 59.9 Å². The summed E-state index contributed by atoms with van der Waals surface area (Å²) in [5.74, 6) is 0.723. The van der Waals surface area contributed by atoms with Gasteiger partial charge in [0.25, 0.3) is 0 Å². The fraction of sp³-hybridized carbons (Fsp3) is 0.407. The Morgan fingerprint density at radius 2 is 1.85 bits per heavy atom. The molecule has 1 aliphatic heterocycles. The van der Waals surface area contributed by atoms with Gasteiger partial charge in [-0.1, -0.05) is 29.8 Å². The summed E-state index contributed by atoms with van der Waals surface area (Å²) in [5, 5.41) is 8.10. The number of halogens is 1. The molecule has 172 valence electrons. The molecule has 2 unspecified atom stereocenters. The van der Waals surface area contributed by atoms with Crippen LogP contribution in [0.25, 0.3) is 10.9 Å². The summed E-state index contributed by atoms with van der Waals surface area (Å²) in [7, 11) is 0. The molecule has 2 aromatic carbocycles. The van der Waals surface area contributed by atoms with Crippen molar-refractivity contribution in [3.8, 4) is 0 Å². The Labute approximate surface area is 200 Å². The summed E-state index contributed by atoms with van der Waals surface area (Å²) in [6.45, 7) is 2.22. The van der Waals surface area contributed by atoms with E-state index in [0.29, 0.717) is 6.04 Å². The minimum Gasteiger partial charge on any atom is -0.334 e. The average Bonchev–Trinajstić information content (AvgIpc) is 3.29. The van der Waals surface area contributed by atoms with Crippen molar-refractivity contribution in [3.63, 3.8) is 0 Å². The minimum absolute atomic E-state index is 0.118. The summed E-state index contributed by atoms with van der Waals surface area (Å²) in [6.07, 6.45) is 8.71. The van der Waals surface area contributed by atoms with Gasteiger partial charge in [-0.2, -0.15) is 0 Å². The third-order valence-corrected chi connectivity index (χ3v) is 7.46. The fourth-order valence-electron chi connectivity index (χ4n) is 5.48. The zero-order valence-electron chi connectivity index (χ0n) is 18.8. The van der Waals surface area contributed by atoms with Gasteiger partial charge in [-0.25, -0.2) is 4.79 Å². The van der Waals surface area contributed by atoms with Gasteiger partial charge in [0.1, 0.15) is 0 Å². The lowest BCUT2D eigenvalue weighted by molar-refractivity contribution is 0.119. The number of nitrogens with one attached hydrogen (secondary N) is 2. The molecule has 3 aromatic rings. The summed E-state index contributed by atoms with van der Waals surface area (Å²) >= 11 is 6.02. The number of nitrogens with zero attached hydrogens (tertiary/aromatic N) is 2.